The van der Waals surface area contributed by atoms with E-state index in [1.807, 2.05) is 6.92 Å². The van der Waals surface area contributed by atoms with Crippen molar-refractivity contribution in [1.82, 2.24) is 0 Å². The Morgan fingerprint density at radius 1 is 0.880 bits per heavy atom. The molecule has 2 saturated carbocycles. The smallest absolute Gasteiger partial charge is 0.338 e. The van der Waals surface area contributed by atoms with Crippen molar-refractivity contribution in [1.29, 1.82) is 0 Å². The molecule has 3 fully saturated rings. The summed E-state index contributed by atoms with van der Waals surface area (Å²) in [5.74, 6) is -3.28. The van der Waals surface area contributed by atoms with Gasteiger partial charge < -0.3 is 28.5 Å². The molecule has 50 heavy (non-hydrogen) atoms. The first-order valence-electron chi connectivity index (χ1n) is 18.9. The molecule has 5 rings (SSSR count). The second-order valence-electron chi connectivity index (χ2n) is 16.1. The van der Waals surface area contributed by atoms with Crippen LogP contribution in [0.25, 0.3) is 0 Å². The highest BCUT2D eigenvalue weighted by Gasteiger charge is 2.77. The maximum absolute atomic E-state index is 15.3. The zero-order valence-corrected chi connectivity index (χ0v) is 33.9. The molecule has 1 heterocycles. The summed E-state index contributed by atoms with van der Waals surface area (Å²) >= 11 is 0. The van der Waals surface area contributed by atoms with E-state index in [2.05, 4.69) is 41.5 Å². The van der Waals surface area contributed by atoms with Crippen LogP contribution in [-0.2, 0) is 27.9 Å². The van der Waals surface area contributed by atoms with Crippen LogP contribution < -0.4 is 0 Å². The van der Waals surface area contributed by atoms with Crippen LogP contribution in [0.2, 0.25) is 36.3 Å². The van der Waals surface area contributed by atoms with E-state index in [9.17, 15) is 15.0 Å². The molecule has 278 valence electrons. The molecule has 11 heteroatoms. The predicted molar refractivity (Wildman–Crippen MR) is 197 cm³/mol. The number of esters is 1. The van der Waals surface area contributed by atoms with Crippen LogP contribution in [0.15, 0.2) is 41.5 Å². The minimum absolute atomic E-state index is 0.0234. The molecule has 2 bridgehead atoms. The summed E-state index contributed by atoms with van der Waals surface area (Å²) in [5.41, 5.74) is -5.50. The molecule has 0 amide bonds. The maximum atomic E-state index is 15.3. The van der Waals surface area contributed by atoms with Crippen LogP contribution >= 0.6 is 0 Å². The first-order valence-corrected chi connectivity index (χ1v) is 24.0. The first-order chi connectivity index (χ1) is 23.4. The molecular weight excluding hydrogens is 669 g/mol. The Morgan fingerprint density at radius 2 is 1.42 bits per heavy atom. The van der Waals surface area contributed by atoms with E-state index in [0.29, 0.717) is 5.57 Å². The molecular formula is C39H60O9Si2. The molecule has 0 radical (unpaired) electrons. The van der Waals surface area contributed by atoms with Gasteiger partial charge in [-0.1, -0.05) is 73.6 Å². The summed E-state index contributed by atoms with van der Waals surface area (Å²) in [4.78, 5) is 44.5. The Hall–Kier alpha value is -2.00. The van der Waals surface area contributed by atoms with Crippen LogP contribution in [0, 0.1) is 16.7 Å². The SMILES string of the molecule is CC[Si](CC)(CC)O[C@H]1C[C@@]2(O)[C@@H](OC(=O)c3ccccc3)[C@@H]3[C@]4(O)CO[C@@H]4C[C@H](O[Si](CC)(CC)CC)[C@@]3(C)C(=O)C(=O)C(=C1C)C2(C)C. The van der Waals surface area contributed by atoms with Gasteiger partial charge in [0.1, 0.15) is 17.3 Å². The Labute approximate surface area is 300 Å². The molecule has 0 unspecified atom stereocenters. The molecule has 1 aromatic rings. The fraction of sp³-hybridized carbons (Fsp3) is 0.718. The van der Waals surface area contributed by atoms with Crippen LogP contribution in [0.3, 0.4) is 0 Å². The van der Waals surface area contributed by atoms with Crippen molar-refractivity contribution < 1.29 is 42.9 Å². The van der Waals surface area contributed by atoms with Crippen molar-refractivity contribution in [3.05, 3.63) is 47.0 Å². The number of Topliss-reactive ketones (excluding diaryl/α,β-unsaturated/α-hetero) is 2. The molecule has 1 saturated heterocycles. The van der Waals surface area contributed by atoms with Gasteiger partial charge in [0, 0.05) is 29.7 Å². The van der Waals surface area contributed by atoms with E-state index in [0.717, 1.165) is 36.3 Å². The lowest BCUT2D eigenvalue weighted by molar-refractivity contribution is -0.340. The standard InChI is InChI=1S/C39H60O9Si2/c1-11-49(12-2,13-3)47-27-23-39(44)34(46-35(42)26-20-18-17-19-21-26)32-37(10,33(41)31(40)30(25(27)7)36(39,8)9)28(22-29-38(32,43)24-45-29)48-50(14-4,15-5)16-6/h17-21,27-29,32,34,43-44H,11-16,22-24H2,1-10H3/t27-,28-,29+,32-,34-,37+,38-,39+/m0/s1. The molecule has 4 aliphatic rings. The van der Waals surface area contributed by atoms with Gasteiger partial charge in [0.25, 0.3) is 0 Å². The highest BCUT2D eigenvalue weighted by molar-refractivity contribution is 6.74. The lowest BCUT2D eigenvalue weighted by Crippen LogP contribution is -2.81. The molecule has 8 atom stereocenters. The van der Waals surface area contributed by atoms with Crippen molar-refractivity contribution in [3.63, 3.8) is 0 Å². The van der Waals surface area contributed by atoms with Crippen molar-refractivity contribution in [3.8, 4) is 0 Å². The Morgan fingerprint density at radius 3 is 1.92 bits per heavy atom. The number of hydrogen-bond donors (Lipinski definition) is 2. The molecule has 2 N–H and O–H groups in total. The van der Waals surface area contributed by atoms with Gasteiger partial charge in [0.05, 0.1) is 35.9 Å². The molecule has 1 aromatic carbocycles. The predicted octanol–water partition coefficient (Wildman–Crippen LogP) is 6.78. The van der Waals surface area contributed by atoms with E-state index in [-0.39, 0.29) is 30.6 Å². The van der Waals surface area contributed by atoms with Gasteiger partial charge in [0.2, 0.25) is 11.6 Å². The summed E-state index contributed by atoms with van der Waals surface area (Å²) in [6, 6.07) is 13.5. The normalized spacial score (nSPS) is 35.4. The minimum atomic E-state index is -2.41. The van der Waals surface area contributed by atoms with Gasteiger partial charge in [0.15, 0.2) is 16.6 Å². The van der Waals surface area contributed by atoms with Crippen LogP contribution in [-0.4, -0.2) is 86.6 Å². The van der Waals surface area contributed by atoms with Gasteiger partial charge in [-0.3, -0.25) is 9.59 Å². The number of benzene rings is 1. The largest absolute Gasteiger partial charge is 0.455 e. The van der Waals surface area contributed by atoms with Gasteiger partial charge >= 0.3 is 5.97 Å². The molecule has 3 aliphatic carbocycles. The zero-order valence-electron chi connectivity index (χ0n) is 31.9. The molecule has 0 aromatic heterocycles. The number of rotatable bonds is 12. The molecule has 0 spiro atoms. The zero-order chi connectivity index (χ0) is 37.1. The molecule has 9 nitrogen and oxygen atoms in total. The fourth-order valence-electron chi connectivity index (χ4n) is 9.91. The number of carbonyl (C=O) groups excluding carboxylic acids is 3. The van der Waals surface area contributed by atoms with Gasteiger partial charge in [-0.15, -0.1) is 0 Å². The summed E-state index contributed by atoms with van der Waals surface area (Å²) < 4.78 is 26.7. The van der Waals surface area contributed by atoms with E-state index in [1.54, 1.807) is 51.1 Å². The fourth-order valence-corrected chi connectivity index (χ4v) is 15.7. The van der Waals surface area contributed by atoms with Crippen LogP contribution in [0.4, 0.5) is 0 Å². The summed E-state index contributed by atoms with van der Waals surface area (Å²) in [7, 11) is -4.72. The van der Waals surface area contributed by atoms with Gasteiger partial charge in [-0.05, 0) is 67.8 Å². The van der Waals surface area contributed by atoms with Gasteiger partial charge in [-0.2, -0.15) is 0 Å². The third kappa shape index (κ3) is 5.69. The average Bonchev–Trinajstić information content (AvgIpc) is 3.11. The van der Waals surface area contributed by atoms with Crippen LogP contribution in [0.1, 0.15) is 92.4 Å². The summed E-state index contributed by atoms with van der Waals surface area (Å²) in [6.45, 7) is 19.6. The van der Waals surface area contributed by atoms with Crippen molar-refractivity contribution in [2.45, 2.75) is 154 Å². The monoisotopic (exact) mass is 728 g/mol. The van der Waals surface area contributed by atoms with E-state index < -0.39 is 86.5 Å². The van der Waals surface area contributed by atoms with Crippen molar-refractivity contribution >= 4 is 34.2 Å². The third-order valence-corrected chi connectivity index (χ3v) is 23.3. The number of fused-ring (bicyclic) bond motifs is 5. The Kier molecular flexibility index (Phi) is 10.8. The van der Waals surface area contributed by atoms with Crippen molar-refractivity contribution in [2.24, 2.45) is 16.7 Å². The maximum Gasteiger partial charge on any atom is 0.338 e. The lowest BCUT2D eigenvalue weighted by atomic mass is 9.45. The summed E-state index contributed by atoms with van der Waals surface area (Å²) in [6.07, 6.45) is -3.42. The molecule has 1 aliphatic heterocycles. The average molecular weight is 729 g/mol. The third-order valence-electron chi connectivity index (χ3n) is 14.0. The Balaban J connectivity index is 1.81. The highest BCUT2D eigenvalue weighted by atomic mass is 28.4. The Bertz CT molecular complexity index is 1490. The minimum Gasteiger partial charge on any atom is -0.455 e. The van der Waals surface area contributed by atoms with Crippen molar-refractivity contribution in [2.75, 3.05) is 6.61 Å². The van der Waals surface area contributed by atoms with Crippen LogP contribution in [0.5, 0.6) is 0 Å². The van der Waals surface area contributed by atoms with Gasteiger partial charge in [-0.25, -0.2) is 4.79 Å². The topological polar surface area (TPSA) is 129 Å². The number of ketones is 2. The quantitative estimate of drug-likeness (QED) is 0.136. The van der Waals surface area contributed by atoms with E-state index in [4.69, 9.17) is 18.3 Å². The second-order valence-corrected chi connectivity index (χ2v) is 25.6. The number of aliphatic hydroxyl groups is 2. The highest BCUT2D eigenvalue weighted by Crippen LogP contribution is 2.63. The van der Waals surface area contributed by atoms with E-state index >= 15 is 9.59 Å². The number of ether oxygens (including phenoxy) is 2. The number of hydrogen-bond acceptors (Lipinski definition) is 9. The van der Waals surface area contributed by atoms with E-state index in [1.165, 1.54) is 0 Å². The number of carbonyl (C=O) groups is 3. The first kappa shape index (κ1) is 39.2. The summed E-state index contributed by atoms with van der Waals surface area (Å²) in [5, 5.41) is 26.2. The second kappa shape index (κ2) is 13.8. The lowest BCUT2D eigenvalue weighted by Gasteiger charge is -2.67.